The number of aromatic nitrogens is 3. The van der Waals surface area contributed by atoms with Crippen molar-refractivity contribution in [3.63, 3.8) is 0 Å². The maximum atomic E-state index is 15.0. The Kier molecular flexibility index (Phi) is 29.4. The Hall–Kier alpha value is -6.49. The molecular formula is C81H110FeN11O9S4. The van der Waals surface area contributed by atoms with Gasteiger partial charge in [0.15, 0.2) is 0 Å². The summed E-state index contributed by atoms with van der Waals surface area (Å²) in [7, 11) is -16.6. The molecule has 4 aromatic carbocycles. The van der Waals surface area contributed by atoms with Crippen molar-refractivity contribution in [2.24, 2.45) is 0 Å². The first-order valence-electron chi connectivity index (χ1n) is 36.6. The van der Waals surface area contributed by atoms with E-state index < -0.39 is 40.1 Å². The maximum Gasteiger partial charge on any atom is 3.00 e. The number of nitrogens with one attached hydrogen (secondary N) is 4. The summed E-state index contributed by atoms with van der Waals surface area (Å²) in [6.07, 6.45) is 7.64. The summed E-state index contributed by atoms with van der Waals surface area (Å²) < 4.78 is 132. The van der Waals surface area contributed by atoms with Gasteiger partial charge in [-0.2, -0.15) is 23.2 Å². The van der Waals surface area contributed by atoms with E-state index in [0.717, 1.165) is 74.6 Å². The second-order valence-corrected chi connectivity index (χ2v) is 34.3. The summed E-state index contributed by atoms with van der Waals surface area (Å²) in [4.78, 5) is 26.1. The molecule has 2 aliphatic rings. The molecule has 20 nitrogen and oxygen atoms in total. The monoisotopic (exact) mass is 1560 g/mol. The van der Waals surface area contributed by atoms with Crippen LogP contribution in [0.4, 0.5) is 0 Å². The van der Waals surface area contributed by atoms with Crippen LogP contribution in [0.5, 0.6) is 0 Å². The fraction of sp³-hybridized carbons (Fsp3) is 0.444. The van der Waals surface area contributed by atoms with Gasteiger partial charge >= 0.3 is 17.1 Å². The Morgan fingerprint density at radius 3 is 0.774 bits per heavy atom. The number of rotatable bonds is 32. The van der Waals surface area contributed by atoms with Crippen LogP contribution in [0.15, 0.2) is 68.1 Å². The van der Waals surface area contributed by atoms with E-state index in [1.165, 1.54) is 0 Å². The van der Waals surface area contributed by atoms with Gasteiger partial charge in [0, 0.05) is 52.4 Å². The van der Waals surface area contributed by atoms with Crippen LogP contribution in [0.2, 0.25) is 0 Å². The van der Waals surface area contributed by atoms with E-state index in [1.807, 2.05) is 197 Å². The first-order valence-corrected chi connectivity index (χ1v) is 42.6. The topological polar surface area (TPSA) is 270 Å². The van der Waals surface area contributed by atoms with Crippen LogP contribution in [0.3, 0.4) is 0 Å². The number of fused-ring (bicyclic) bond motifs is 8. The first kappa shape index (κ1) is 86.7. The SMILES string of the molecule is CCN(CC)CCNS(=O)(=O)c1c(C)cc(C)c(-c2c3[c-]c(c(-c4c(C)cc(C)c(S(=O)(=O)NCCN(CC)CC)c4C)c4ccc([n-]4)c(-c4c(C)cc(C)c(S(=O)(=O)NCCN(CC)CC)c4C)c4nc(c(-c5c(C)cc(C)c(S(=O)(=O)NCCN(CC)CC)c5C)c5ccc2[n-]5)C=C4)C=C3)c1C.O.[Fe+3]. The van der Waals surface area contributed by atoms with E-state index in [2.05, 4.69) is 44.6 Å². The van der Waals surface area contributed by atoms with Gasteiger partial charge in [-0.25, -0.2) is 57.5 Å². The average molecular weight is 1570 g/mol. The Morgan fingerprint density at radius 2 is 0.547 bits per heavy atom. The van der Waals surface area contributed by atoms with E-state index in [-0.39, 0.29) is 68.3 Å². The van der Waals surface area contributed by atoms with Gasteiger partial charge in [-0.15, -0.1) is 28.2 Å². The maximum absolute atomic E-state index is 15.0. The zero-order valence-corrected chi connectivity index (χ0v) is 70.0. The van der Waals surface area contributed by atoms with E-state index in [0.29, 0.717) is 160 Å². The molecule has 0 spiro atoms. The molecule has 0 atom stereocenters. The van der Waals surface area contributed by atoms with Gasteiger partial charge in [-0.1, -0.05) is 126 Å². The minimum absolute atomic E-state index is 0. The van der Waals surface area contributed by atoms with Crippen molar-refractivity contribution >= 4 is 86.5 Å². The standard InChI is InChI=1S/C81H108N11O8S4.Fe.H2O/c1-21-89(22-2)41-37-82-101(93,94)78-54(13)45-50(9)70(58(78)17)74-62-29-30-63(49-62)75(71-51(10)46-55(14)79(59(71)18)102(95,96)83-38-42-90(23-3)24-4)65-32-34-67(87-65)77(73-53(12)48-57(16)81(61(73)20)104(99,100)85-40-44-92(27-7)28-8)69-36-35-68(88-69)76(66-33-31-64(74)86-66)72-52(11)47-56(15)80(60(72)19)103(97,98)84-39-43-91(25-5)26-6;;/h29-36,45-48,82-85H,21-28,37-44H2,1-20H3;;1H2/q-3;+3;. The third-order valence-electron chi connectivity index (χ3n) is 20.8. The van der Waals surface area contributed by atoms with Gasteiger partial charge in [0.2, 0.25) is 40.1 Å². The van der Waals surface area contributed by atoms with Crippen LogP contribution >= 0.6 is 0 Å². The van der Waals surface area contributed by atoms with Crippen molar-refractivity contribution in [1.29, 1.82) is 0 Å². The minimum atomic E-state index is -4.15. The molecule has 0 unspecified atom stereocenters. The van der Waals surface area contributed by atoms with E-state index in [9.17, 15) is 33.7 Å². The number of benzene rings is 4. The molecule has 4 heterocycles. The fourth-order valence-corrected chi connectivity index (χ4v) is 21.8. The smallest absolute Gasteiger partial charge is 0.663 e. The van der Waals surface area contributed by atoms with Crippen LogP contribution in [-0.2, 0) is 57.2 Å². The predicted molar refractivity (Wildman–Crippen MR) is 432 cm³/mol. The van der Waals surface area contributed by atoms with Crippen molar-refractivity contribution in [3.05, 3.63) is 144 Å². The molecule has 8 bridgehead atoms. The van der Waals surface area contributed by atoms with Gasteiger partial charge in [0.05, 0.1) is 31.0 Å². The molecule has 0 fully saturated rings. The van der Waals surface area contributed by atoms with Gasteiger partial charge in [-0.05, 0) is 237 Å². The molecule has 0 saturated heterocycles. The molecule has 6 N–H and O–H groups in total. The quantitative estimate of drug-likeness (QED) is 0.0225. The van der Waals surface area contributed by atoms with Crippen LogP contribution in [0.1, 0.15) is 145 Å². The summed E-state index contributed by atoms with van der Waals surface area (Å²) in [5.74, 6) is 0. The number of likely N-dealkylation sites (N-methyl/N-ethyl adjacent to an activating group) is 4. The summed E-state index contributed by atoms with van der Waals surface area (Å²) >= 11 is 0. The molecule has 3 aromatic heterocycles. The van der Waals surface area contributed by atoms with Gasteiger partial charge in [-0.3, -0.25) is 0 Å². The van der Waals surface area contributed by atoms with Gasteiger partial charge in [0.25, 0.3) is 0 Å². The van der Waals surface area contributed by atoms with Crippen molar-refractivity contribution in [2.45, 2.75) is 158 Å². The third kappa shape index (κ3) is 17.9. The van der Waals surface area contributed by atoms with Crippen LogP contribution in [0, 0.1) is 89.2 Å². The molecule has 1 aliphatic carbocycles. The first-order chi connectivity index (χ1) is 49.2. The molecule has 0 saturated carbocycles. The van der Waals surface area contributed by atoms with Crippen LogP contribution < -0.4 is 28.9 Å². The molecule has 106 heavy (non-hydrogen) atoms. The number of sulfonamides is 4. The summed E-state index contributed by atoms with van der Waals surface area (Å²) in [6, 6.07) is 19.0. The molecule has 9 rings (SSSR count). The second-order valence-electron chi connectivity index (χ2n) is 27.5. The Balaban J connectivity index is 0.00000784. The molecule has 7 aromatic rings. The predicted octanol–water partition coefficient (Wildman–Crippen LogP) is 12.3. The number of hydrogen-bond donors (Lipinski definition) is 4. The van der Waals surface area contributed by atoms with Gasteiger partial charge in [0.1, 0.15) is 0 Å². The van der Waals surface area contributed by atoms with Crippen molar-refractivity contribution in [1.82, 2.24) is 53.4 Å². The van der Waals surface area contributed by atoms with Crippen LogP contribution in [-0.4, -0.2) is 168 Å². The third-order valence-corrected chi connectivity index (χ3v) is 27.8. The summed E-state index contributed by atoms with van der Waals surface area (Å²) in [6.45, 7) is 47.5. The summed E-state index contributed by atoms with van der Waals surface area (Å²) in [5, 5.41) is 0. The number of hydrogen-bond acceptors (Lipinski definition) is 13. The molecule has 1 radical (unpaired) electrons. The number of nitrogens with zero attached hydrogens (tertiary/aromatic N) is 7. The van der Waals surface area contributed by atoms with Crippen LogP contribution in [0.25, 0.3) is 90.9 Å². The molecule has 0 amide bonds. The zero-order valence-electron chi connectivity index (χ0n) is 65.6. The number of aryl methyl sites for hydroxylation is 8. The Labute approximate surface area is 642 Å². The zero-order chi connectivity index (χ0) is 76.2. The van der Waals surface area contributed by atoms with Crippen molar-refractivity contribution in [3.8, 4) is 44.5 Å². The largest absolute Gasteiger partial charge is 3.00 e. The van der Waals surface area contributed by atoms with Gasteiger partial charge < -0.3 is 35.0 Å². The fourth-order valence-electron chi connectivity index (χ4n) is 15.8. The molecule has 25 heteroatoms. The van der Waals surface area contributed by atoms with E-state index >= 15 is 0 Å². The van der Waals surface area contributed by atoms with E-state index in [1.54, 1.807) is 13.8 Å². The molecule has 575 valence electrons. The minimum Gasteiger partial charge on any atom is -0.663 e. The second kappa shape index (κ2) is 35.9. The van der Waals surface area contributed by atoms with E-state index in [4.69, 9.17) is 15.0 Å². The average Bonchev–Trinajstić information content (AvgIpc) is 1.49. The Morgan fingerprint density at radius 1 is 0.330 bits per heavy atom. The molecule has 1 aliphatic heterocycles. The van der Waals surface area contributed by atoms with Crippen molar-refractivity contribution in [2.75, 3.05) is 105 Å². The Bertz CT molecular complexity index is 4540. The summed E-state index contributed by atoms with van der Waals surface area (Å²) in [5.41, 5.74) is 15.4. The normalized spacial score (nSPS) is 12.8. The van der Waals surface area contributed by atoms with Crippen molar-refractivity contribution < 1.29 is 56.2 Å². The molecular weight excluding hydrogens is 1460 g/mol.